The van der Waals surface area contributed by atoms with E-state index in [-0.39, 0.29) is 18.3 Å². The molecule has 1 amide bonds. The lowest BCUT2D eigenvalue weighted by molar-refractivity contribution is -0.123. The molecule has 1 fully saturated rings. The summed E-state index contributed by atoms with van der Waals surface area (Å²) in [6.07, 6.45) is 0. The molecule has 0 aromatic heterocycles. The molecule has 1 aromatic carbocycles. The molecule has 1 atom stereocenters. The maximum Gasteiger partial charge on any atom is 0.257 e. The number of hydrogen-bond acceptors (Lipinski definition) is 4. The van der Waals surface area contributed by atoms with Crippen LogP contribution < -0.4 is 10.1 Å². The summed E-state index contributed by atoms with van der Waals surface area (Å²) in [5, 5.41) is 2.92. The van der Waals surface area contributed by atoms with E-state index in [1.165, 1.54) is 12.1 Å². The Hall–Kier alpha value is -1.66. The van der Waals surface area contributed by atoms with Crippen LogP contribution in [0.2, 0.25) is 0 Å². The number of amides is 1. The number of halogens is 1. The van der Waals surface area contributed by atoms with E-state index in [1.54, 1.807) is 12.1 Å². The molecule has 1 aliphatic heterocycles. The van der Waals surface area contributed by atoms with E-state index in [0.717, 1.165) is 26.2 Å². The summed E-state index contributed by atoms with van der Waals surface area (Å²) in [5.74, 6) is -0.130. The monoisotopic (exact) mass is 337 g/mol. The summed E-state index contributed by atoms with van der Waals surface area (Å²) >= 11 is 0. The first-order valence-electron chi connectivity index (χ1n) is 8.54. The zero-order chi connectivity index (χ0) is 17.5. The maximum absolute atomic E-state index is 13.5. The highest BCUT2D eigenvalue weighted by Gasteiger charge is 2.25. The van der Waals surface area contributed by atoms with E-state index in [2.05, 4.69) is 36.0 Å². The molecule has 24 heavy (non-hydrogen) atoms. The molecule has 0 aliphatic carbocycles. The molecule has 5 nitrogen and oxygen atoms in total. The number of para-hydroxylation sites is 1. The standard InChI is InChI=1S/C18H28FN3O2/c1-14(2)16(22-10-8-21(3)9-11-22)12-20-18(23)13-24-17-7-5-4-6-15(17)19/h4-7,14,16H,8-13H2,1-3H3,(H,20,23). The third-order valence-electron chi connectivity index (χ3n) is 4.48. The highest BCUT2D eigenvalue weighted by molar-refractivity contribution is 5.77. The van der Waals surface area contributed by atoms with Gasteiger partial charge in [-0.3, -0.25) is 9.69 Å². The zero-order valence-corrected chi connectivity index (χ0v) is 14.8. The summed E-state index contributed by atoms with van der Waals surface area (Å²) in [6.45, 7) is 8.88. The second-order valence-corrected chi connectivity index (χ2v) is 6.67. The Morgan fingerprint density at radius 1 is 1.25 bits per heavy atom. The van der Waals surface area contributed by atoms with E-state index >= 15 is 0 Å². The summed E-state index contributed by atoms with van der Waals surface area (Å²) in [4.78, 5) is 16.8. The molecule has 0 radical (unpaired) electrons. The van der Waals surface area contributed by atoms with Gasteiger partial charge in [0.2, 0.25) is 0 Å². The molecule has 0 saturated carbocycles. The van der Waals surface area contributed by atoms with Crippen molar-refractivity contribution in [3.05, 3.63) is 30.1 Å². The molecular weight excluding hydrogens is 309 g/mol. The van der Waals surface area contributed by atoms with Crippen LogP contribution in [0.4, 0.5) is 4.39 Å². The number of nitrogens with zero attached hydrogens (tertiary/aromatic N) is 2. The van der Waals surface area contributed by atoms with Gasteiger partial charge < -0.3 is 15.0 Å². The number of benzene rings is 1. The highest BCUT2D eigenvalue weighted by atomic mass is 19.1. The lowest BCUT2D eigenvalue weighted by Gasteiger charge is -2.39. The summed E-state index contributed by atoms with van der Waals surface area (Å²) in [7, 11) is 2.13. The van der Waals surface area contributed by atoms with Crippen LogP contribution in [0.15, 0.2) is 24.3 Å². The van der Waals surface area contributed by atoms with Crippen LogP contribution in [0, 0.1) is 11.7 Å². The van der Waals surface area contributed by atoms with Crippen LogP contribution in [0.5, 0.6) is 5.75 Å². The van der Waals surface area contributed by atoms with Gasteiger partial charge in [0.1, 0.15) is 0 Å². The van der Waals surface area contributed by atoms with Gasteiger partial charge >= 0.3 is 0 Å². The molecule has 1 saturated heterocycles. The van der Waals surface area contributed by atoms with E-state index in [1.807, 2.05) is 0 Å². The predicted molar refractivity (Wildman–Crippen MR) is 92.6 cm³/mol. The van der Waals surface area contributed by atoms with Gasteiger partial charge in [-0.2, -0.15) is 0 Å². The second kappa shape index (κ2) is 8.99. The van der Waals surface area contributed by atoms with Crippen LogP contribution in [-0.4, -0.2) is 68.1 Å². The van der Waals surface area contributed by atoms with Crippen molar-refractivity contribution in [2.24, 2.45) is 5.92 Å². The van der Waals surface area contributed by atoms with Gasteiger partial charge in [-0.1, -0.05) is 26.0 Å². The molecule has 1 unspecified atom stereocenters. The van der Waals surface area contributed by atoms with Gasteiger partial charge in [-0.25, -0.2) is 4.39 Å². The minimum absolute atomic E-state index is 0.104. The normalized spacial score (nSPS) is 17.7. The Kier molecular flexibility index (Phi) is 6.99. The number of piperazine rings is 1. The highest BCUT2D eigenvalue weighted by Crippen LogP contribution is 2.15. The number of likely N-dealkylation sites (N-methyl/N-ethyl adjacent to an activating group) is 1. The molecule has 0 bridgehead atoms. The number of nitrogens with one attached hydrogen (secondary N) is 1. The first-order chi connectivity index (χ1) is 11.5. The summed E-state index contributed by atoms with van der Waals surface area (Å²) in [5.41, 5.74) is 0. The fraction of sp³-hybridized carbons (Fsp3) is 0.611. The van der Waals surface area contributed by atoms with E-state index in [4.69, 9.17) is 4.74 Å². The average Bonchev–Trinajstić information content (AvgIpc) is 2.55. The third-order valence-corrected chi connectivity index (χ3v) is 4.48. The molecule has 1 aliphatic rings. The minimum atomic E-state index is -0.456. The van der Waals surface area contributed by atoms with Crippen molar-refractivity contribution in [3.63, 3.8) is 0 Å². The van der Waals surface area contributed by atoms with Gasteiger partial charge in [0, 0.05) is 38.8 Å². The van der Waals surface area contributed by atoms with E-state index in [0.29, 0.717) is 18.5 Å². The van der Waals surface area contributed by atoms with Crippen LogP contribution in [0.1, 0.15) is 13.8 Å². The Morgan fingerprint density at radius 2 is 1.92 bits per heavy atom. The quantitative estimate of drug-likeness (QED) is 0.821. The van der Waals surface area contributed by atoms with E-state index < -0.39 is 5.82 Å². The number of ether oxygens (including phenoxy) is 1. The number of rotatable bonds is 7. The number of carbonyl (C=O) groups excluding carboxylic acids is 1. The third kappa shape index (κ3) is 5.46. The molecule has 1 N–H and O–H groups in total. The second-order valence-electron chi connectivity index (χ2n) is 6.67. The molecule has 2 rings (SSSR count). The predicted octanol–water partition coefficient (Wildman–Crippen LogP) is 1.59. The first-order valence-corrected chi connectivity index (χ1v) is 8.54. The van der Waals surface area contributed by atoms with Crippen molar-refractivity contribution in [2.45, 2.75) is 19.9 Å². The fourth-order valence-electron chi connectivity index (χ4n) is 2.91. The van der Waals surface area contributed by atoms with Gasteiger partial charge in [0.05, 0.1) is 0 Å². The Morgan fingerprint density at radius 3 is 2.54 bits per heavy atom. The van der Waals surface area contributed by atoms with Gasteiger partial charge in [-0.05, 0) is 25.1 Å². The molecule has 6 heteroatoms. The minimum Gasteiger partial charge on any atom is -0.481 e. The van der Waals surface area contributed by atoms with Crippen molar-refractivity contribution in [1.82, 2.24) is 15.1 Å². The zero-order valence-electron chi connectivity index (χ0n) is 14.8. The lowest BCUT2D eigenvalue weighted by atomic mass is 10.0. The van der Waals surface area contributed by atoms with Crippen molar-refractivity contribution in [2.75, 3.05) is 46.4 Å². The summed E-state index contributed by atoms with van der Waals surface area (Å²) < 4.78 is 18.7. The molecule has 134 valence electrons. The smallest absolute Gasteiger partial charge is 0.257 e. The molecule has 0 spiro atoms. The molecular formula is C18H28FN3O2. The molecule has 1 heterocycles. The topological polar surface area (TPSA) is 44.8 Å². The number of carbonyl (C=O) groups is 1. The fourth-order valence-corrected chi connectivity index (χ4v) is 2.91. The van der Waals surface area contributed by atoms with Crippen LogP contribution in [-0.2, 0) is 4.79 Å². The van der Waals surface area contributed by atoms with Crippen LogP contribution in [0.3, 0.4) is 0 Å². The summed E-state index contributed by atoms with van der Waals surface area (Å²) in [6, 6.07) is 6.40. The largest absolute Gasteiger partial charge is 0.481 e. The Labute approximate surface area is 143 Å². The van der Waals surface area contributed by atoms with Gasteiger partial charge in [0.25, 0.3) is 5.91 Å². The number of hydrogen-bond donors (Lipinski definition) is 1. The first kappa shape index (κ1) is 18.7. The Balaban J connectivity index is 1.79. The van der Waals surface area contributed by atoms with Crippen molar-refractivity contribution in [3.8, 4) is 5.75 Å². The molecule has 1 aromatic rings. The van der Waals surface area contributed by atoms with Crippen molar-refractivity contribution < 1.29 is 13.9 Å². The van der Waals surface area contributed by atoms with Crippen LogP contribution in [0.25, 0.3) is 0 Å². The van der Waals surface area contributed by atoms with Gasteiger partial charge in [0.15, 0.2) is 18.2 Å². The van der Waals surface area contributed by atoms with Gasteiger partial charge in [-0.15, -0.1) is 0 Å². The van der Waals surface area contributed by atoms with Crippen molar-refractivity contribution in [1.29, 1.82) is 0 Å². The SMILES string of the molecule is CC(C)C(CNC(=O)COc1ccccc1F)N1CCN(C)CC1. The lowest BCUT2D eigenvalue weighted by Crippen LogP contribution is -2.54. The average molecular weight is 337 g/mol. The van der Waals surface area contributed by atoms with Crippen LogP contribution >= 0.6 is 0 Å². The van der Waals surface area contributed by atoms with E-state index in [9.17, 15) is 9.18 Å². The van der Waals surface area contributed by atoms with Crippen molar-refractivity contribution >= 4 is 5.91 Å². The Bertz CT molecular complexity index is 531. The maximum atomic E-state index is 13.5.